The van der Waals surface area contributed by atoms with Crippen molar-refractivity contribution in [3.8, 4) is 0 Å². The van der Waals surface area contributed by atoms with E-state index in [9.17, 15) is 13.2 Å². The molecule has 0 aromatic carbocycles. The first-order valence-corrected chi connectivity index (χ1v) is 8.80. The van der Waals surface area contributed by atoms with E-state index in [1.165, 1.54) is 6.26 Å². The molecular weight excluding hydrogens is 268 g/mol. The van der Waals surface area contributed by atoms with Crippen molar-refractivity contribution in [3.05, 3.63) is 0 Å². The predicted octanol–water partition coefficient (Wildman–Crippen LogP) is -0.304. The molecule has 6 nitrogen and oxygen atoms in total. The summed E-state index contributed by atoms with van der Waals surface area (Å²) in [5, 5.41) is 5.95. The fraction of sp³-hybridized carbons (Fsp3) is 0.917. The minimum Gasteiger partial charge on any atom is -0.378 e. The third-order valence-electron chi connectivity index (χ3n) is 2.98. The molecule has 1 amide bonds. The summed E-state index contributed by atoms with van der Waals surface area (Å²) >= 11 is 0. The average Bonchev–Trinajstić information content (AvgIpc) is 2.35. The highest BCUT2D eigenvalue weighted by Gasteiger charge is 2.13. The Kier molecular flexibility index (Phi) is 7.33. The lowest BCUT2D eigenvalue weighted by atomic mass is 10.1. The Morgan fingerprint density at radius 2 is 2.05 bits per heavy atom. The Bertz CT molecular complexity index is 364. The standard InChI is InChI=1S/C12H24N2O4S/c1-19(16,17)10-2-6-14-12(15)5-9-18-11-3-7-13-8-4-11/h11,13H,2-10H2,1H3,(H,14,15). The van der Waals surface area contributed by atoms with Crippen LogP contribution in [-0.2, 0) is 19.4 Å². The molecule has 0 bridgehead atoms. The summed E-state index contributed by atoms with van der Waals surface area (Å²) in [7, 11) is -2.94. The van der Waals surface area contributed by atoms with Gasteiger partial charge in [-0.15, -0.1) is 0 Å². The molecule has 112 valence electrons. The minimum absolute atomic E-state index is 0.0811. The number of rotatable bonds is 8. The second kappa shape index (κ2) is 8.50. The zero-order chi connectivity index (χ0) is 14.1. The molecule has 0 spiro atoms. The zero-order valence-corrected chi connectivity index (χ0v) is 12.3. The Labute approximate surface area is 115 Å². The van der Waals surface area contributed by atoms with Crippen LogP contribution in [0.15, 0.2) is 0 Å². The average molecular weight is 292 g/mol. The highest BCUT2D eigenvalue weighted by molar-refractivity contribution is 7.90. The summed E-state index contributed by atoms with van der Waals surface area (Å²) in [6, 6.07) is 0. The molecule has 0 aliphatic carbocycles. The first-order chi connectivity index (χ1) is 8.97. The fourth-order valence-corrected chi connectivity index (χ4v) is 2.60. The van der Waals surface area contributed by atoms with Gasteiger partial charge in [0.2, 0.25) is 5.91 Å². The number of hydrogen-bond acceptors (Lipinski definition) is 5. The Morgan fingerprint density at radius 1 is 1.37 bits per heavy atom. The summed E-state index contributed by atoms with van der Waals surface area (Å²) < 4.78 is 27.4. The highest BCUT2D eigenvalue weighted by atomic mass is 32.2. The fourth-order valence-electron chi connectivity index (χ4n) is 1.93. The monoisotopic (exact) mass is 292 g/mol. The van der Waals surface area contributed by atoms with Crippen LogP contribution in [0.25, 0.3) is 0 Å². The van der Waals surface area contributed by atoms with E-state index in [0.717, 1.165) is 25.9 Å². The summed E-state index contributed by atoms with van der Waals surface area (Å²) in [6.45, 7) is 2.78. The highest BCUT2D eigenvalue weighted by Crippen LogP contribution is 2.07. The molecule has 1 aliphatic heterocycles. The molecule has 0 aromatic heterocycles. The zero-order valence-electron chi connectivity index (χ0n) is 11.5. The summed E-state index contributed by atoms with van der Waals surface area (Å²) in [6.07, 6.45) is 4.25. The van der Waals surface area contributed by atoms with Crippen LogP contribution in [0.5, 0.6) is 0 Å². The van der Waals surface area contributed by atoms with Crippen LogP contribution in [0.4, 0.5) is 0 Å². The van der Waals surface area contributed by atoms with Crippen LogP contribution in [0, 0.1) is 0 Å². The SMILES string of the molecule is CS(=O)(=O)CCCNC(=O)CCOC1CCNCC1. The Balaban J connectivity index is 1.98. The van der Waals surface area contributed by atoms with Crippen LogP contribution in [0.3, 0.4) is 0 Å². The van der Waals surface area contributed by atoms with E-state index in [1.54, 1.807) is 0 Å². The van der Waals surface area contributed by atoms with Gasteiger partial charge in [-0.1, -0.05) is 0 Å². The molecular formula is C12H24N2O4S. The van der Waals surface area contributed by atoms with Crippen LogP contribution in [-0.4, -0.2) is 58.7 Å². The molecule has 2 N–H and O–H groups in total. The molecule has 7 heteroatoms. The lowest BCUT2D eigenvalue weighted by Gasteiger charge is -2.22. The van der Waals surface area contributed by atoms with Crippen LogP contribution in [0.1, 0.15) is 25.7 Å². The molecule has 0 unspecified atom stereocenters. The van der Waals surface area contributed by atoms with Gasteiger partial charge in [0.15, 0.2) is 0 Å². The quantitative estimate of drug-likeness (QED) is 0.600. The molecule has 0 aromatic rings. The number of carbonyl (C=O) groups is 1. The van der Waals surface area contributed by atoms with Crippen LogP contribution < -0.4 is 10.6 Å². The molecule has 1 heterocycles. The summed E-state index contributed by atoms with van der Waals surface area (Å²) in [5.41, 5.74) is 0. The number of nitrogens with one attached hydrogen (secondary N) is 2. The summed E-state index contributed by atoms with van der Waals surface area (Å²) in [4.78, 5) is 11.5. The van der Waals surface area contributed by atoms with Gasteiger partial charge in [0, 0.05) is 19.2 Å². The second-order valence-corrected chi connectivity index (χ2v) is 7.16. The molecule has 1 fully saturated rings. The number of amides is 1. The molecule has 1 aliphatic rings. The van der Waals surface area contributed by atoms with Crippen molar-refractivity contribution in [1.29, 1.82) is 0 Å². The lowest BCUT2D eigenvalue weighted by molar-refractivity contribution is -0.122. The molecule has 1 rings (SSSR count). The molecule has 1 saturated heterocycles. The van der Waals surface area contributed by atoms with Crippen molar-refractivity contribution in [3.63, 3.8) is 0 Å². The number of carbonyl (C=O) groups excluding carboxylic acids is 1. The Morgan fingerprint density at radius 3 is 2.68 bits per heavy atom. The maximum atomic E-state index is 11.5. The van der Waals surface area contributed by atoms with E-state index in [4.69, 9.17) is 4.74 Å². The topological polar surface area (TPSA) is 84.5 Å². The van der Waals surface area contributed by atoms with Gasteiger partial charge in [0.25, 0.3) is 0 Å². The van der Waals surface area contributed by atoms with E-state index in [1.807, 2.05) is 0 Å². The van der Waals surface area contributed by atoms with Crippen molar-refractivity contribution < 1.29 is 17.9 Å². The molecule has 19 heavy (non-hydrogen) atoms. The van der Waals surface area contributed by atoms with Gasteiger partial charge in [-0.3, -0.25) is 4.79 Å². The minimum atomic E-state index is -2.94. The van der Waals surface area contributed by atoms with Crippen molar-refractivity contribution in [1.82, 2.24) is 10.6 Å². The van der Waals surface area contributed by atoms with Gasteiger partial charge in [0.1, 0.15) is 9.84 Å². The first kappa shape index (κ1) is 16.4. The maximum Gasteiger partial charge on any atom is 0.222 e. The molecule has 0 atom stereocenters. The van der Waals surface area contributed by atoms with Gasteiger partial charge < -0.3 is 15.4 Å². The van der Waals surface area contributed by atoms with Crippen molar-refractivity contribution in [2.75, 3.05) is 38.2 Å². The normalized spacial score (nSPS) is 17.3. The number of piperidine rings is 1. The van der Waals surface area contributed by atoms with E-state index < -0.39 is 9.84 Å². The van der Waals surface area contributed by atoms with E-state index in [2.05, 4.69) is 10.6 Å². The number of ether oxygens (including phenoxy) is 1. The second-order valence-electron chi connectivity index (χ2n) is 4.90. The van der Waals surface area contributed by atoms with E-state index in [-0.39, 0.29) is 17.8 Å². The van der Waals surface area contributed by atoms with Crippen LogP contribution in [0.2, 0.25) is 0 Å². The largest absolute Gasteiger partial charge is 0.378 e. The van der Waals surface area contributed by atoms with Crippen molar-refractivity contribution in [2.24, 2.45) is 0 Å². The van der Waals surface area contributed by atoms with E-state index in [0.29, 0.717) is 26.0 Å². The summed E-state index contributed by atoms with van der Waals surface area (Å²) in [5.74, 6) is 0.0289. The van der Waals surface area contributed by atoms with Crippen molar-refractivity contribution in [2.45, 2.75) is 31.8 Å². The van der Waals surface area contributed by atoms with Gasteiger partial charge in [0.05, 0.1) is 18.5 Å². The lowest BCUT2D eigenvalue weighted by Crippen LogP contribution is -2.33. The number of hydrogen-bond donors (Lipinski definition) is 2. The van der Waals surface area contributed by atoms with Gasteiger partial charge in [-0.25, -0.2) is 8.42 Å². The third-order valence-corrected chi connectivity index (χ3v) is 4.01. The maximum absolute atomic E-state index is 11.5. The van der Waals surface area contributed by atoms with Gasteiger partial charge >= 0.3 is 0 Å². The Hall–Kier alpha value is -0.660. The predicted molar refractivity (Wildman–Crippen MR) is 73.8 cm³/mol. The van der Waals surface area contributed by atoms with Crippen LogP contribution >= 0.6 is 0 Å². The third kappa shape index (κ3) is 8.96. The van der Waals surface area contributed by atoms with E-state index >= 15 is 0 Å². The smallest absolute Gasteiger partial charge is 0.222 e. The van der Waals surface area contributed by atoms with Gasteiger partial charge in [-0.05, 0) is 32.4 Å². The first-order valence-electron chi connectivity index (χ1n) is 6.74. The van der Waals surface area contributed by atoms with Gasteiger partial charge in [-0.2, -0.15) is 0 Å². The number of sulfone groups is 1. The van der Waals surface area contributed by atoms with Crippen molar-refractivity contribution >= 4 is 15.7 Å². The molecule has 0 saturated carbocycles. The molecule has 0 radical (unpaired) electrons.